The summed E-state index contributed by atoms with van der Waals surface area (Å²) >= 11 is 0. The van der Waals surface area contributed by atoms with Crippen LogP contribution in [0.25, 0.3) is 22.3 Å². The van der Waals surface area contributed by atoms with Crippen LogP contribution in [0, 0.1) is 13.8 Å². The van der Waals surface area contributed by atoms with Crippen molar-refractivity contribution in [3.63, 3.8) is 0 Å². The summed E-state index contributed by atoms with van der Waals surface area (Å²) in [6.07, 6.45) is -0.0450. The second kappa shape index (κ2) is 13.7. The van der Waals surface area contributed by atoms with Crippen LogP contribution in [0.3, 0.4) is 0 Å². The highest BCUT2D eigenvalue weighted by Crippen LogP contribution is 2.37. The molecule has 5 aromatic carbocycles. The summed E-state index contributed by atoms with van der Waals surface area (Å²) in [6.45, 7) is 5.32. The molecule has 6 aromatic rings. The predicted molar refractivity (Wildman–Crippen MR) is 184 cm³/mol. The minimum absolute atomic E-state index is 0.0149. The van der Waals surface area contributed by atoms with Gasteiger partial charge in [-0.2, -0.15) is 0 Å². The molecule has 0 N–H and O–H groups in total. The maximum Gasteiger partial charge on any atom is 0.343 e. The molecule has 1 aliphatic rings. The van der Waals surface area contributed by atoms with E-state index in [1.54, 1.807) is 54.6 Å². The van der Waals surface area contributed by atoms with Gasteiger partial charge >= 0.3 is 5.97 Å². The van der Waals surface area contributed by atoms with Gasteiger partial charge in [-0.25, -0.2) is 4.79 Å². The van der Waals surface area contributed by atoms with Gasteiger partial charge in [0.2, 0.25) is 0 Å². The molecule has 1 aromatic heterocycles. The van der Waals surface area contributed by atoms with Crippen LogP contribution in [0.5, 0.6) is 11.5 Å². The summed E-state index contributed by atoms with van der Waals surface area (Å²) in [5.41, 5.74) is 5.56. The van der Waals surface area contributed by atoms with Crippen molar-refractivity contribution >= 4 is 28.5 Å². The fourth-order valence-corrected chi connectivity index (χ4v) is 5.51. The number of hydrogen-bond donors (Lipinski definition) is 0. The number of Topliss-reactive ketones (excluding diaryl/α,β-unsaturated/α-hetero) is 2. The first kappa shape index (κ1) is 31.9. The highest BCUT2D eigenvalue weighted by Gasteiger charge is 2.28. The molecule has 7 heteroatoms. The summed E-state index contributed by atoms with van der Waals surface area (Å²) in [4.78, 5) is 48.6. The molecule has 48 heavy (non-hydrogen) atoms. The van der Waals surface area contributed by atoms with E-state index in [0.717, 1.165) is 22.3 Å². The minimum Gasteiger partial charge on any atom is -0.484 e. The third-order valence-corrected chi connectivity index (χ3v) is 8.06. The summed E-state index contributed by atoms with van der Waals surface area (Å²) in [7, 11) is 0. The number of carbonyl (C=O) groups is 3. The fourth-order valence-electron chi connectivity index (χ4n) is 5.51. The Morgan fingerprint density at radius 2 is 1.44 bits per heavy atom. The number of hydrogen-bond acceptors (Lipinski definition) is 7. The molecule has 0 aliphatic carbocycles. The van der Waals surface area contributed by atoms with E-state index in [-0.39, 0.29) is 23.1 Å². The van der Waals surface area contributed by atoms with E-state index in [4.69, 9.17) is 13.9 Å². The van der Waals surface area contributed by atoms with Crippen molar-refractivity contribution in [2.24, 2.45) is 0 Å². The van der Waals surface area contributed by atoms with Gasteiger partial charge in [-0.3, -0.25) is 14.4 Å². The SMILES string of the molecule is CC(=O)c1cc(C)c2c(=O)cc(-c3ccc(C)cc3)oc2c1.O=C(Oc1ccc2c(c1)OC(c1ccccc1)CC2=O)c1ccccc1. The molecule has 0 fully saturated rings. The van der Waals surface area contributed by atoms with Crippen molar-refractivity contribution < 1.29 is 28.3 Å². The number of rotatable bonds is 5. The van der Waals surface area contributed by atoms with Gasteiger partial charge in [0.1, 0.15) is 28.9 Å². The number of carbonyl (C=O) groups excluding carboxylic acids is 3. The molecule has 1 atom stereocenters. The van der Waals surface area contributed by atoms with E-state index in [1.807, 2.05) is 74.5 Å². The number of ether oxygens (including phenoxy) is 2. The minimum atomic E-state index is -0.452. The third kappa shape index (κ3) is 7.00. The van der Waals surface area contributed by atoms with Crippen molar-refractivity contribution in [1.29, 1.82) is 0 Å². The lowest BCUT2D eigenvalue weighted by Crippen LogP contribution is -2.20. The van der Waals surface area contributed by atoms with Crippen molar-refractivity contribution in [1.82, 2.24) is 0 Å². The molecule has 0 spiro atoms. The number of aryl methyl sites for hydroxylation is 2. The summed E-state index contributed by atoms with van der Waals surface area (Å²) in [5.74, 6) is 0.812. The number of benzene rings is 5. The maximum absolute atomic E-state index is 12.4. The molecule has 238 valence electrons. The van der Waals surface area contributed by atoms with Gasteiger partial charge in [-0.1, -0.05) is 78.4 Å². The predicted octanol–water partition coefficient (Wildman–Crippen LogP) is 8.89. The van der Waals surface area contributed by atoms with E-state index < -0.39 is 5.97 Å². The van der Waals surface area contributed by atoms with Gasteiger partial charge in [0.25, 0.3) is 0 Å². The Labute approximate surface area is 277 Å². The van der Waals surface area contributed by atoms with Crippen molar-refractivity contribution in [2.45, 2.75) is 33.3 Å². The van der Waals surface area contributed by atoms with Gasteiger partial charge in [-0.15, -0.1) is 0 Å². The van der Waals surface area contributed by atoms with Gasteiger partial charge in [0, 0.05) is 23.3 Å². The second-order valence-corrected chi connectivity index (χ2v) is 11.6. The second-order valence-electron chi connectivity index (χ2n) is 11.6. The molecule has 1 aliphatic heterocycles. The van der Waals surface area contributed by atoms with Crippen LogP contribution in [0.4, 0.5) is 0 Å². The number of esters is 1. The Bertz CT molecular complexity index is 2200. The van der Waals surface area contributed by atoms with E-state index in [2.05, 4.69) is 0 Å². The molecule has 7 rings (SSSR count). The quantitative estimate of drug-likeness (QED) is 0.106. The van der Waals surface area contributed by atoms with Crippen LogP contribution >= 0.6 is 0 Å². The molecule has 2 heterocycles. The van der Waals surface area contributed by atoms with Gasteiger partial charge < -0.3 is 13.9 Å². The third-order valence-electron chi connectivity index (χ3n) is 8.06. The van der Waals surface area contributed by atoms with E-state index >= 15 is 0 Å². The normalized spacial score (nSPS) is 13.5. The highest BCUT2D eigenvalue weighted by atomic mass is 16.5. The maximum atomic E-state index is 12.4. The monoisotopic (exact) mass is 636 g/mol. The molecule has 0 amide bonds. The van der Waals surface area contributed by atoms with Crippen molar-refractivity contribution in [2.75, 3.05) is 0 Å². The molecular weight excluding hydrogens is 604 g/mol. The molecule has 0 saturated heterocycles. The van der Waals surface area contributed by atoms with Crippen LogP contribution in [-0.4, -0.2) is 17.5 Å². The van der Waals surface area contributed by atoms with Gasteiger partial charge in [0.15, 0.2) is 17.0 Å². The molecule has 7 nitrogen and oxygen atoms in total. The van der Waals surface area contributed by atoms with Crippen LogP contribution in [0.1, 0.15) is 67.2 Å². The Kier molecular flexibility index (Phi) is 9.12. The molecule has 1 unspecified atom stereocenters. The Morgan fingerprint density at radius 1 is 0.750 bits per heavy atom. The molecule has 0 bridgehead atoms. The fraction of sp³-hybridized carbons (Fsp3) is 0.122. The lowest BCUT2D eigenvalue weighted by molar-refractivity contribution is 0.0733. The van der Waals surface area contributed by atoms with E-state index in [0.29, 0.717) is 51.3 Å². The van der Waals surface area contributed by atoms with Crippen molar-refractivity contribution in [3.8, 4) is 22.8 Å². The topological polar surface area (TPSA) is 99.9 Å². The largest absolute Gasteiger partial charge is 0.484 e. The number of fused-ring (bicyclic) bond motifs is 2. The highest BCUT2D eigenvalue weighted by molar-refractivity contribution is 6.00. The Balaban J connectivity index is 0.000000170. The van der Waals surface area contributed by atoms with E-state index in [1.165, 1.54) is 13.0 Å². The molecule has 0 radical (unpaired) electrons. The van der Waals surface area contributed by atoms with Gasteiger partial charge in [0.05, 0.1) is 22.9 Å². The first-order valence-electron chi connectivity index (χ1n) is 15.5. The summed E-state index contributed by atoms with van der Waals surface area (Å²) in [5, 5.41) is 0.529. The average molecular weight is 637 g/mol. The number of ketones is 2. The van der Waals surface area contributed by atoms with Crippen LogP contribution in [-0.2, 0) is 0 Å². The zero-order valence-corrected chi connectivity index (χ0v) is 26.7. The van der Waals surface area contributed by atoms with Crippen LogP contribution in [0.15, 0.2) is 131 Å². The van der Waals surface area contributed by atoms with Crippen LogP contribution < -0.4 is 14.9 Å². The lowest BCUT2D eigenvalue weighted by atomic mass is 9.96. The Hall–Kier alpha value is -6.08. The Morgan fingerprint density at radius 3 is 2.12 bits per heavy atom. The first-order chi connectivity index (χ1) is 23.2. The van der Waals surface area contributed by atoms with Crippen molar-refractivity contribution in [3.05, 3.63) is 165 Å². The zero-order valence-electron chi connectivity index (χ0n) is 26.7. The standard InChI is InChI=1S/C22H16O4.C19H16O3/c23-19-14-20(15-7-3-1-4-8-15)26-21-13-17(11-12-18(19)21)25-22(24)16-9-5-2-6-10-16;1-11-4-6-14(7-5-11)17-10-16(21)19-12(2)8-15(13(3)20)9-18(19)22-17/h1-13,20H,14H2;4-10H,1-3H3. The lowest BCUT2D eigenvalue weighted by Gasteiger charge is -2.25. The zero-order chi connectivity index (χ0) is 33.8. The smallest absolute Gasteiger partial charge is 0.343 e. The first-order valence-corrected chi connectivity index (χ1v) is 15.5. The summed E-state index contributed by atoms with van der Waals surface area (Å²) in [6, 6.07) is 35.9. The van der Waals surface area contributed by atoms with Crippen LogP contribution in [0.2, 0.25) is 0 Å². The average Bonchev–Trinajstić information content (AvgIpc) is 3.09. The summed E-state index contributed by atoms with van der Waals surface area (Å²) < 4.78 is 17.3. The van der Waals surface area contributed by atoms with Gasteiger partial charge in [-0.05, 0) is 68.3 Å². The molecular formula is C41H32O7. The molecule has 0 saturated carbocycles. The van der Waals surface area contributed by atoms with E-state index in [9.17, 15) is 19.2 Å².